The molecule has 0 aromatic carbocycles. The van der Waals surface area contributed by atoms with E-state index >= 15 is 0 Å². The Bertz CT molecular complexity index is 1190. The number of nitrogens with one attached hydrogen (secondary N) is 3. The van der Waals surface area contributed by atoms with E-state index in [9.17, 15) is 24.3 Å². The Labute approximate surface area is 307 Å². The number of likely N-dealkylation sites (N-methyl/N-ethyl adjacent to an activating group) is 2. The molecule has 0 aromatic heterocycles. The van der Waals surface area contributed by atoms with Gasteiger partial charge in [-0.15, -0.1) is 0 Å². The third-order valence-electron chi connectivity index (χ3n) is 10.5. The van der Waals surface area contributed by atoms with E-state index in [4.69, 9.17) is 9.47 Å². The number of carbonyl (C=O) groups is 4. The van der Waals surface area contributed by atoms with Gasteiger partial charge in [0.15, 0.2) is 0 Å². The van der Waals surface area contributed by atoms with Crippen LogP contribution in [0.1, 0.15) is 81.1 Å². The Balaban J connectivity index is 3.25. The zero-order valence-electron chi connectivity index (χ0n) is 33.4. The zero-order valence-corrected chi connectivity index (χ0v) is 33.4. The average Bonchev–Trinajstić information content (AvgIpc) is 3.58. The van der Waals surface area contributed by atoms with Crippen molar-refractivity contribution >= 4 is 23.6 Å². The first-order chi connectivity index (χ1) is 24.0. The molecule has 4 amide bonds. The fraction of sp³-hybridized carbons (Fsp3) is 0.744. The molecule has 0 aliphatic carbocycles. The molecule has 4 N–H and O–H groups in total. The van der Waals surface area contributed by atoms with Crippen LogP contribution in [-0.2, 0) is 28.7 Å². The molecule has 0 bridgehead atoms. The largest absolute Gasteiger partial charge is 0.386 e. The third kappa shape index (κ3) is 12.3. The molecule has 1 heterocycles. The Kier molecular flexibility index (Phi) is 19.9. The first-order valence-corrected chi connectivity index (χ1v) is 18.5. The van der Waals surface area contributed by atoms with Crippen molar-refractivity contribution in [2.75, 3.05) is 34.9 Å². The van der Waals surface area contributed by atoms with E-state index in [1.54, 1.807) is 57.0 Å². The summed E-state index contributed by atoms with van der Waals surface area (Å²) in [5.41, 5.74) is 0.537. The van der Waals surface area contributed by atoms with Crippen molar-refractivity contribution in [2.45, 2.75) is 130 Å². The van der Waals surface area contributed by atoms with Crippen LogP contribution in [0.15, 0.2) is 37.0 Å². The Hall–Kier alpha value is -3.06. The standard InChI is InChI=1S/C39H69N5O7/c1-15-19-28(17-3)35(46)27(10)41-37(47)26(9)36(51-14)29-20-18-21-44(29)31(45)22-30(50-13)34(25(8)16-2)43(12)39(49)33(24(6)7)42-38(48)32(40-11)23(4)5/h15,17,19,23-27,29-30,32-36,40,46H,1,3,16,18,20-22H2,2,4-14H3,(H,41,47)(H,42,48)/b28-19+/t25-,26+,27+,29-,30+,32-,33-,34-,35+,36+/m0/s1. The number of hydrogen-bond donors (Lipinski definition) is 4. The van der Waals surface area contributed by atoms with Crippen LogP contribution in [-0.4, -0.2) is 122 Å². The highest BCUT2D eigenvalue weighted by Gasteiger charge is 2.43. The van der Waals surface area contributed by atoms with Gasteiger partial charge in [0.05, 0.1) is 54.8 Å². The monoisotopic (exact) mass is 720 g/mol. The van der Waals surface area contributed by atoms with Crippen LogP contribution in [0.25, 0.3) is 0 Å². The predicted molar refractivity (Wildman–Crippen MR) is 203 cm³/mol. The van der Waals surface area contributed by atoms with Crippen LogP contribution < -0.4 is 16.0 Å². The molecule has 10 atom stereocenters. The molecule has 292 valence electrons. The Morgan fingerprint density at radius 3 is 2.04 bits per heavy atom. The zero-order chi connectivity index (χ0) is 39.2. The van der Waals surface area contributed by atoms with Crippen LogP contribution in [0.3, 0.4) is 0 Å². The summed E-state index contributed by atoms with van der Waals surface area (Å²) in [4.78, 5) is 58.2. The second-order valence-corrected chi connectivity index (χ2v) is 14.7. The molecule has 0 spiro atoms. The summed E-state index contributed by atoms with van der Waals surface area (Å²) < 4.78 is 11.9. The van der Waals surface area contributed by atoms with Crippen molar-refractivity contribution in [1.29, 1.82) is 0 Å². The van der Waals surface area contributed by atoms with E-state index in [0.29, 0.717) is 18.5 Å². The average molecular weight is 720 g/mol. The third-order valence-corrected chi connectivity index (χ3v) is 10.5. The normalized spacial score (nSPS) is 20.4. The molecule has 51 heavy (non-hydrogen) atoms. The molecule has 1 aliphatic rings. The van der Waals surface area contributed by atoms with Crippen molar-refractivity contribution in [2.24, 2.45) is 23.7 Å². The summed E-state index contributed by atoms with van der Waals surface area (Å²) in [6.07, 6.45) is 4.69. The molecule has 1 aliphatic heterocycles. The van der Waals surface area contributed by atoms with E-state index < -0.39 is 48.4 Å². The van der Waals surface area contributed by atoms with Gasteiger partial charge in [-0.25, -0.2) is 0 Å². The van der Waals surface area contributed by atoms with E-state index in [-0.39, 0.29) is 53.8 Å². The molecule has 1 saturated heterocycles. The van der Waals surface area contributed by atoms with E-state index in [0.717, 1.165) is 12.8 Å². The SMILES string of the molecule is C=C/C=C(\C=C)[C@H](O)[C@@H](C)NC(=O)[C@H](C)[C@@H](OC)[C@@H]1CCCN1C(=O)C[C@@H](OC)[C@H]([C@@H](C)CC)N(C)C(=O)[C@@H](NC(=O)[C@@H](NC)C(C)C)C(C)C. The van der Waals surface area contributed by atoms with Gasteiger partial charge in [0, 0.05) is 27.8 Å². The smallest absolute Gasteiger partial charge is 0.245 e. The van der Waals surface area contributed by atoms with Crippen molar-refractivity contribution in [3.05, 3.63) is 37.0 Å². The van der Waals surface area contributed by atoms with E-state index in [1.165, 1.54) is 13.2 Å². The summed E-state index contributed by atoms with van der Waals surface area (Å²) in [5, 5.41) is 19.7. The predicted octanol–water partition coefficient (Wildman–Crippen LogP) is 3.46. The summed E-state index contributed by atoms with van der Waals surface area (Å²) in [6, 6.07) is -2.62. The number of nitrogens with zero attached hydrogens (tertiary/aromatic N) is 2. The summed E-state index contributed by atoms with van der Waals surface area (Å²) >= 11 is 0. The van der Waals surface area contributed by atoms with Gasteiger partial charge in [0.1, 0.15) is 6.04 Å². The quantitative estimate of drug-likeness (QED) is 0.124. The number of hydrogen-bond acceptors (Lipinski definition) is 8. The lowest BCUT2D eigenvalue weighted by molar-refractivity contribution is -0.148. The Morgan fingerprint density at radius 2 is 1.57 bits per heavy atom. The fourth-order valence-corrected chi connectivity index (χ4v) is 7.20. The van der Waals surface area contributed by atoms with Gasteiger partial charge < -0.3 is 40.3 Å². The minimum Gasteiger partial charge on any atom is -0.386 e. The molecule has 0 aromatic rings. The van der Waals surface area contributed by atoms with Gasteiger partial charge in [-0.3, -0.25) is 19.2 Å². The highest BCUT2D eigenvalue weighted by atomic mass is 16.5. The van der Waals surface area contributed by atoms with Crippen LogP contribution in [0.5, 0.6) is 0 Å². The number of aliphatic hydroxyl groups is 1. The maximum atomic E-state index is 14.1. The number of carbonyl (C=O) groups excluding carboxylic acids is 4. The van der Waals surface area contributed by atoms with Gasteiger partial charge >= 0.3 is 0 Å². The van der Waals surface area contributed by atoms with Gasteiger partial charge in [0.2, 0.25) is 23.6 Å². The molecule has 0 unspecified atom stereocenters. The minimum absolute atomic E-state index is 0.0215. The maximum Gasteiger partial charge on any atom is 0.245 e. The molecule has 0 radical (unpaired) electrons. The number of likely N-dealkylation sites (tertiary alicyclic amines) is 1. The number of aliphatic hydroxyl groups excluding tert-OH is 1. The highest BCUT2D eigenvalue weighted by molar-refractivity contribution is 5.90. The van der Waals surface area contributed by atoms with Crippen molar-refractivity contribution in [3.8, 4) is 0 Å². The molecule has 1 fully saturated rings. The molecule has 12 heteroatoms. The van der Waals surface area contributed by atoms with E-state index in [1.807, 2.05) is 41.5 Å². The van der Waals surface area contributed by atoms with Crippen molar-refractivity contribution in [3.63, 3.8) is 0 Å². The van der Waals surface area contributed by atoms with Crippen LogP contribution in [0.2, 0.25) is 0 Å². The summed E-state index contributed by atoms with van der Waals surface area (Å²) in [6.45, 7) is 23.1. The second kappa shape index (κ2) is 22.1. The lowest BCUT2D eigenvalue weighted by Crippen LogP contribution is -2.59. The molecular formula is C39H69N5O7. The van der Waals surface area contributed by atoms with Gasteiger partial charge in [-0.2, -0.15) is 0 Å². The molecule has 12 nitrogen and oxygen atoms in total. The first-order valence-electron chi connectivity index (χ1n) is 18.5. The first kappa shape index (κ1) is 46.0. The molecule has 0 saturated carbocycles. The van der Waals surface area contributed by atoms with Crippen LogP contribution >= 0.6 is 0 Å². The highest BCUT2D eigenvalue weighted by Crippen LogP contribution is 2.30. The Morgan fingerprint density at radius 1 is 0.961 bits per heavy atom. The number of allylic oxidation sites excluding steroid dienone is 2. The van der Waals surface area contributed by atoms with E-state index in [2.05, 4.69) is 29.1 Å². The minimum atomic E-state index is -0.978. The van der Waals surface area contributed by atoms with Gasteiger partial charge in [0.25, 0.3) is 0 Å². The van der Waals surface area contributed by atoms with Gasteiger partial charge in [-0.05, 0) is 50.1 Å². The number of ether oxygens (including phenoxy) is 2. The molecular weight excluding hydrogens is 650 g/mol. The van der Waals surface area contributed by atoms with Crippen molar-refractivity contribution in [1.82, 2.24) is 25.8 Å². The number of rotatable bonds is 22. The second-order valence-electron chi connectivity index (χ2n) is 14.7. The maximum absolute atomic E-state index is 14.1. The van der Waals surface area contributed by atoms with Crippen LogP contribution in [0, 0.1) is 23.7 Å². The lowest BCUT2D eigenvalue weighted by Gasteiger charge is -2.41. The van der Waals surface area contributed by atoms with Crippen LogP contribution in [0.4, 0.5) is 0 Å². The lowest BCUT2D eigenvalue weighted by atomic mass is 9.89. The van der Waals surface area contributed by atoms with Crippen molar-refractivity contribution < 1.29 is 33.8 Å². The topological polar surface area (TPSA) is 150 Å². The summed E-state index contributed by atoms with van der Waals surface area (Å²) in [7, 11) is 6.54. The fourth-order valence-electron chi connectivity index (χ4n) is 7.20. The number of methoxy groups -OCH3 is 2. The molecule has 1 rings (SSSR count). The number of amides is 4. The van der Waals surface area contributed by atoms with Gasteiger partial charge in [-0.1, -0.05) is 86.3 Å². The summed E-state index contributed by atoms with van der Waals surface area (Å²) in [5.74, 6) is -1.73.